The first-order valence-electron chi connectivity index (χ1n) is 8.60. The van der Waals surface area contributed by atoms with E-state index in [1.807, 2.05) is 30.3 Å². The van der Waals surface area contributed by atoms with Gasteiger partial charge in [0.2, 0.25) is 5.91 Å². The fourth-order valence-corrected chi connectivity index (χ4v) is 2.91. The molecular formula is C20H20N2O5. The fourth-order valence-electron chi connectivity index (χ4n) is 2.91. The van der Waals surface area contributed by atoms with E-state index in [0.717, 1.165) is 5.56 Å². The average molecular weight is 368 g/mol. The first-order valence-corrected chi connectivity index (χ1v) is 8.60. The molecule has 1 unspecified atom stereocenters. The van der Waals surface area contributed by atoms with Crippen molar-refractivity contribution in [2.45, 2.75) is 6.42 Å². The van der Waals surface area contributed by atoms with Gasteiger partial charge in [-0.15, -0.1) is 0 Å². The van der Waals surface area contributed by atoms with Gasteiger partial charge in [-0.25, -0.2) is 0 Å². The van der Waals surface area contributed by atoms with Crippen LogP contribution in [-0.2, 0) is 20.8 Å². The molecule has 27 heavy (non-hydrogen) atoms. The number of benzene rings is 2. The molecule has 0 aromatic heterocycles. The molecule has 0 saturated carbocycles. The van der Waals surface area contributed by atoms with Crippen molar-refractivity contribution in [1.82, 2.24) is 5.32 Å². The minimum atomic E-state index is -0.980. The molecule has 140 valence electrons. The van der Waals surface area contributed by atoms with Crippen LogP contribution in [0, 0.1) is 5.92 Å². The second kappa shape index (κ2) is 8.35. The Kier molecular flexibility index (Phi) is 5.71. The van der Waals surface area contributed by atoms with Crippen molar-refractivity contribution in [2.75, 3.05) is 24.6 Å². The molecule has 1 heterocycles. The second-order valence-electron chi connectivity index (χ2n) is 6.27. The summed E-state index contributed by atoms with van der Waals surface area (Å²) in [4.78, 5) is 37.3. The van der Waals surface area contributed by atoms with Crippen LogP contribution < -0.4 is 15.0 Å². The van der Waals surface area contributed by atoms with Gasteiger partial charge in [-0.1, -0.05) is 42.5 Å². The van der Waals surface area contributed by atoms with Gasteiger partial charge in [0.05, 0.1) is 11.6 Å². The SMILES string of the molecule is O=C(CN1C(=O)COc2ccccc21)NCC(Cc1ccccc1)C(=O)O. The van der Waals surface area contributed by atoms with E-state index in [4.69, 9.17) is 4.74 Å². The number of hydrogen-bond donors (Lipinski definition) is 2. The molecule has 2 aromatic carbocycles. The van der Waals surface area contributed by atoms with E-state index in [9.17, 15) is 19.5 Å². The molecule has 7 heteroatoms. The lowest BCUT2D eigenvalue weighted by molar-refractivity contribution is -0.141. The molecule has 1 atom stereocenters. The number of aliphatic carboxylic acids is 1. The van der Waals surface area contributed by atoms with Crippen molar-refractivity contribution in [1.29, 1.82) is 0 Å². The number of hydrogen-bond acceptors (Lipinski definition) is 4. The number of para-hydroxylation sites is 2. The fraction of sp³-hybridized carbons (Fsp3) is 0.250. The van der Waals surface area contributed by atoms with Crippen LogP contribution in [0.25, 0.3) is 0 Å². The molecule has 0 aliphatic carbocycles. The van der Waals surface area contributed by atoms with Crippen LogP contribution in [0.3, 0.4) is 0 Å². The molecule has 3 rings (SSSR count). The van der Waals surface area contributed by atoms with Crippen LogP contribution in [0.5, 0.6) is 5.75 Å². The summed E-state index contributed by atoms with van der Waals surface area (Å²) in [5.41, 5.74) is 1.42. The maximum Gasteiger partial charge on any atom is 0.308 e. The van der Waals surface area contributed by atoms with Crippen LogP contribution in [0.4, 0.5) is 5.69 Å². The van der Waals surface area contributed by atoms with Crippen molar-refractivity contribution in [3.8, 4) is 5.75 Å². The molecule has 0 radical (unpaired) electrons. The van der Waals surface area contributed by atoms with Gasteiger partial charge in [0.25, 0.3) is 5.91 Å². The lowest BCUT2D eigenvalue weighted by Gasteiger charge is -2.28. The van der Waals surface area contributed by atoms with Crippen molar-refractivity contribution >= 4 is 23.5 Å². The second-order valence-corrected chi connectivity index (χ2v) is 6.27. The number of carbonyl (C=O) groups is 3. The van der Waals surface area contributed by atoms with Gasteiger partial charge in [0.1, 0.15) is 12.3 Å². The molecule has 2 N–H and O–H groups in total. The summed E-state index contributed by atoms with van der Waals surface area (Å²) in [7, 11) is 0. The van der Waals surface area contributed by atoms with E-state index < -0.39 is 17.8 Å². The van der Waals surface area contributed by atoms with Crippen molar-refractivity contribution in [2.24, 2.45) is 5.92 Å². The van der Waals surface area contributed by atoms with E-state index in [1.165, 1.54) is 4.90 Å². The highest BCUT2D eigenvalue weighted by Gasteiger charge is 2.27. The standard InChI is InChI=1S/C20H20N2O5/c23-18(12-22-16-8-4-5-9-17(16)27-13-19(22)24)21-11-15(20(25)26)10-14-6-2-1-3-7-14/h1-9,15H,10-13H2,(H,21,23)(H,25,26). The maximum absolute atomic E-state index is 12.3. The Hall–Kier alpha value is -3.35. The number of carboxylic acids is 1. The number of fused-ring (bicyclic) bond motifs is 1. The number of anilines is 1. The zero-order valence-corrected chi connectivity index (χ0v) is 14.6. The smallest absolute Gasteiger partial charge is 0.308 e. The molecule has 1 aliphatic heterocycles. The van der Waals surface area contributed by atoms with E-state index in [1.54, 1.807) is 24.3 Å². The number of rotatable bonds is 7. The van der Waals surface area contributed by atoms with Crippen LogP contribution in [-0.4, -0.2) is 42.6 Å². The Balaban J connectivity index is 1.60. The van der Waals surface area contributed by atoms with Crippen LogP contribution in [0.15, 0.2) is 54.6 Å². The third-order valence-electron chi connectivity index (χ3n) is 4.33. The van der Waals surface area contributed by atoms with Gasteiger partial charge in [-0.3, -0.25) is 19.3 Å². The molecule has 7 nitrogen and oxygen atoms in total. The highest BCUT2D eigenvalue weighted by molar-refractivity contribution is 6.02. The summed E-state index contributed by atoms with van der Waals surface area (Å²) in [5.74, 6) is -1.92. The molecule has 1 aliphatic rings. The highest BCUT2D eigenvalue weighted by atomic mass is 16.5. The number of nitrogens with one attached hydrogen (secondary N) is 1. The van der Waals surface area contributed by atoms with Crippen molar-refractivity contribution < 1.29 is 24.2 Å². The number of amides is 2. The monoisotopic (exact) mass is 368 g/mol. The summed E-state index contributed by atoms with van der Waals surface area (Å²) < 4.78 is 5.34. The van der Waals surface area contributed by atoms with E-state index >= 15 is 0 Å². The van der Waals surface area contributed by atoms with E-state index in [-0.39, 0.29) is 25.6 Å². The van der Waals surface area contributed by atoms with Gasteiger partial charge in [0.15, 0.2) is 6.61 Å². The largest absolute Gasteiger partial charge is 0.482 e. The molecule has 0 fully saturated rings. The summed E-state index contributed by atoms with van der Waals surface area (Å²) >= 11 is 0. The van der Waals surface area contributed by atoms with Gasteiger partial charge >= 0.3 is 5.97 Å². The highest BCUT2D eigenvalue weighted by Crippen LogP contribution is 2.31. The number of carboxylic acid groups (broad SMARTS) is 1. The average Bonchev–Trinajstić information content (AvgIpc) is 2.68. The Morgan fingerprint density at radius 2 is 1.81 bits per heavy atom. The zero-order chi connectivity index (χ0) is 19.2. The minimum Gasteiger partial charge on any atom is -0.482 e. The number of nitrogens with zero attached hydrogens (tertiary/aromatic N) is 1. The Morgan fingerprint density at radius 1 is 1.11 bits per heavy atom. The van der Waals surface area contributed by atoms with Gasteiger partial charge in [0, 0.05) is 6.54 Å². The van der Waals surface area contributed by atoms with Gasteiger partial charge in [-0.05, 0) is 24.1 Å². The van der Waals surface area contributed by atoms with Gasteiger partial charge < -0.3 is 15.2 Å². The molecule has 0 saturated heterocycles. The van der Waals surface area contributed by atoms with Crippen molar-refractivity contribution in [3.63, 3.8) is 0 Å². The molecule has 0 spiro atoms. The third kappa shape index (κ3) is 4.63. The Morgan fingerprint density at radius 3 is 2.56 bits per heavy atom. The molecular weight excluding hydrogens is 348 g/mol. The predicted molar refractivity (Wildman–Crippen MR) is 98.6 cm³/mol. The first kappa shape index (κ1) is 18.4. The zero-order valence-electron chi connectivity index (χ0n) is 14.6. The first-order chi connectivity index (χ1) is 13.0. The summed E-state index contributed by atoms with van der Waals surface area (Å²) in [5, 5.41) is 12.0. The lowest BCUT2D eigenvalue weighted by Crippen LogP contribution is -2.46. The number of ether oxygens (including phenoxy) is 1. The molecule has 2 amide bonds. The molecule has 0 bridgehead atoms. The van der Waals surface area contributed by atoms with Crippen LogP contribution in [0.2, 0.25) is 0 Å². The van der Waals surface area contributed by atoms with Crippen LogP contribution >= 0.6 is 0 Å². The quantitative estimate of drug-likeness (QED) is 0.772. The van der Waals surface area contributed by atoms with Crippen LogP contribution in [0.1, 0.15) is 5.56 Å². The van der Waals surface area contributed by atoms with Gasteiger partial charge in [-0.2, -0.15) is 0 Å². The normalized spacial score (nSPS) is 14.1. The lowest BCUT2D eigenvalue weighted by atomic mass is 9.99. The number of carbonyl (C=O) groups excluding carboxylic acids is 2. The third-order valence-corrected chi connectivity index (χ3v) is 4.33. The van der Waals surface area contributed by atoms with E-state index in [0.29, 0.717) is 17.9 Å². The minimum absolute atomic E-state index is 0.0107. The Labute approximate surface area is 156 Å². The van der Waals surface area contributed by atoms with E-state index in [2.05, 4.69) is 5.32 Å². The summed E-state index contributed by atoms with van der Waals surface area (Å²) in [6, 6.07) is 16.2. The predicted octanol–water partition coefficient (Wildman–Crippen LogP) is 1.47. The summed E-state index contributed by atoms with van der Waals surface area (Å²) in [6.45, 7) is -0.323. The summed E-state index contributed by atoms with van der Waals surface area (Å²) in [6.07, 6.45) is 0.315. The maximum atomic E-state index is 12.3. The van der Waals surface area contributed by atoms with Crippen molar-refractivity contribution in [3.05, 3.63) is 60.2 Å². The Bertz CT molecular complexity index is 837. The topological polar surface area (TPSA) is 95.9 Å². The molecule has 2 aromatic rings.